The zero-order valence-electron chi connectivity index (χ0n) is 14.5. The first-order valence-corrected chi connectivity index (χ1v) is 8.84. The van der Waals surface area contributed by atoms with Gasteiger partial charge >= 0.3 is 0 Å². The number of hydrogen-bond acceptors (Lipinski definition) is 5. The van der Waals surface area contributed by atoms with E-state index in [9.17, 15) is 4.79 Å². The van der Waals surface area contributed by atoms with Crippen molar-refractivity contribution in [3.8, 4) is 0 Å². The third-order valence-corrected chi connectivity index (χ3v) is 4.80. The van der Waals surface area contributed by atoms with E-state index in [-0.39, 0.29) is 18.0 Å². The van der Waals surface area contributed by atoms with Crippen LogP contribution in [0.25, 0.3) is 11.0 Å². The summed E-state index contributed by atoms with van der Waals surface area (Å²) in [5, 5.41) is 0.651. The van der Waals surface area contributed by atoms with Gasteiger partial charge in [0.15, 0.2) is 0 Å². The number of nitrogens with zero attached hydrogens (tertiary/aromatic N) is 2. The lowest BCUT2D eigenvalue weighted by atomic mass is 10.1. The fourth-order valence-electron chi connectivity index (χ4n) is 3.22. The minimum Gasteiger partial charge on any atom is -0.465 e. The Labute approximate surface area is 155 Å². The fraction of sp³-hybridized carbons (Fsp3) is 0.333. The molecule has 1 aliphatic rings. The van der Waals surface area contributed by atoms with Crippen molar-refractivity contribution in [1.29, 1.82) is 0 Å². The van der Waals surface area contributed by atoms with Crippen molar-refractivity contribution >= 4 is 28.5 Å². The van der Waals surface area contributed by atoms with Gasteiger partial charge in [-0.3, -0.25) is 4.79 Å². The number of H-pyrrole nitrogens is 1. The molecule has 1 amide bonds. The van der Waals surface area contributed by atoms with Crippen LogP contribution in [0.3, 0.4) is 0 Å². The third-order valence-electron chi connectivity index (χ3n) is 4.56. The molecule has 1 aliphatic heterocycles. The van der Waals surface area contributed by atoms with Crippen LogP contribution in [0.4, 0.5) is 0 Å². The van der Waals surface area contributed by atoms with Crippen LogP contribution < -0.4 is 10.9 Å². The average Bonchev–Trinajstić information content (AvgIpc) is 3.32. The first-order chi connectivity index (χ1) is 12.5. The van der Waals surface area contributed by atoms with Crippen LogP contribution in [-0.2, 0) is 11.3 Å². The first-order valence-electron chi connectivity index (χ1n) is 8.46. The third kappa shape index (κ3) is 3.33. The highest BCUT2D eigenvalue weighted by Crippen LogP contribution is 2.25. The van der Waals surface area contributed by atoms with Crippen molar-refractivity contribution in [2.45, 2.75) is 32.0 Å². The van der Waals surface area contributed by atoms with Crippen molar-refractivity contribution < 1.29 is 9.21 Å². The van der Waals surface area contributed by atoms with E-state index in [2.05, 4.69) is 20.8 Å². The number of halogens is 1. The number of furan rings is 1. The topological polar surface area (TPSA) is 86.2 Å². The number of likely N-dealkylation sites (N-methyl/N-ethyl adjacent to an activating group) is 1. The molecule has 1 fully saturated rings. The van der Waals surface area contributed by atoms with Crippen LogP contribution >= 0.6 is 11.6 Å². The summed E-state index contributed by atoms with van der Waals surface area (Å²) in [5.74, 6) is 2.42. The summed E-state index contributed by atoms with van der Waals surface area (Å²) in [7, 11) is 1.77. The van der Waals surface area contributed by atoms with Gasteiger partial charge in [0.1, 0.15) is 23.4 Å². The van der Waals surface area contributed by atoms with E-state index in [4.69, 9.17) is 16.0 Å². The molecule has 136 valence electrons. The van der Waals surface area contributed by atoms with Crippen molar-refractivity contribution in [2.75, 3.05) is 7.05 Å². The van der Waals surface area contributed by atoms with Crippen LogP contribution in [0.2, 0.25) is 5.02 Å². The number of hydrazine groups is 1. The minimum absolute atomic E-state index is 0.00164. The molecule has 0 radical (unpaired) electrons. The number of aryl methyl sites for hydroxylation is 1. The number of nitrogens with one attached hydrogen (secondary N) is 3. The van der Waals surface area contributed by atoms with Gasteiger partial charge in [0.05, 0.1) is 23.6 Å². The molecular weight excluding hydrogens is 354 g/mol. The number of benzene rings is 1. The quantitative estimate of drug-likeness (QED) is 0.654. The van der Waals surface area contributed by atoms with E-state index < -0.39 is 0 Å². The highest BCUT2D eigenvalue weighted by atomic mass is 35.5. The Kier molecular flexibility index (Phi) is 4.44. The average molecular weight is 374 g/mol. The molecule has 2 unspecified atom stereocenters. The highest BCUT2D eigenvalue weighted by molar-refractivity contribution is 6.31. The van der Waals surface area contributed by atoms with E-state index in [1.807, 2.05) is 31.2 Å². The standard InChI is InChI=1S/C18H20ClN5O2/c1-10-3-6-16(26-10)14-8-15(23-22-14)18(25)24(2)9-17-20-12-5-4-11(19)7-13(12)21-17/h3-7,14-15,22-23H,8-9H2,1-2H3,(H,20,21). The largest absolute Gasteiger partial charge is 0.465 e. The summed E-state index contributed by atoms with van der Waals surface area (Å²) in [6.07, 6.45) is 0.631. The summed E-state index contributed by atoms with van der Waals surface area (Å²) < 4.78 is 5.64. The molecule has 2 aromatic heterocycles. The number of amides is 1. The summed E-state index contributed by atoms with van der Waals surface area (Å²) >= 11 is 6.00. The van der Waals surface area contributed by atoms with Crippen LogP contribution in [-0.4, -0.2) is 33.9 Å². The minimum atomic E-state index is -0.311. The number of aromatic amines is 1. The predicted molar refractivity (Wildman–Crippen MR) is 98.4 cm³/mol. The Bertz CT molecular complexity index is 950. The number of hydrogen-bond donors (Lipinski definition) is 3. The predicted octanol–water partition coefficient (Wildman–Crippen LogP) is 2.68. The lowest BCUT2D eigenvalue weighted by molar-refractivity contribution is -0.132. The molecule has 7 nitrogen and oxygen atoms in total. The molecule has 1 saturated heterocycles. The molecule has 0 saturated carbocycles. The van der Waals surface area contributed by atoms with Gasteiger partial charge in [0.2, 0.25) is 5.91 Å². The lowest BCUT2D eigenvalue weighted by Gasteiger charge is -2.19. The zero-order valence-corrected chi connectivity index (χ0v) is 15.3. The normalized spacial score (nSPS) is 20.0. The molecule has 3 heterocycles. The molecule has 0 spiro atoms. The van der Waals surface area contributed by atoms with E-state index in [0.717, 1.165) is 28.4 Å². The van der Waals surface area contributed by atoms with E-state index >= 15 is 0 Å². The van der Waals surface area contributed by atoms with Crippen molar-refractivity contribution in [3.05, 3.63) is 52.7 Å². The van der Waals surface area contributed by atoms with Crippen LogP contribution in [0, 0.1) is 6.92 Å². The summed E-state index contributed by atoms with van der Waals surface area (Å²) in [6, 6.07) is 9.02. The Hall–Kier alpha value is -2.35. The SMILES string of the molecule is Cc1ccc(C2CC(C(=O)N(C)Cc3nc4ccc(Cl)cc4[nH]3)NN2)o1. The van der Waals surface area contributed by atoms with Gasteiger partial charge in [0, 0.05) is 12.1 Å². The van der Waals surface area contributed by atoms with Gasteiger partial charge in [-0.1, -0.05) is 11.6 Å². The van der Waals surface area contributed by atoms with Gasteiger partial charge in [-0.25, -0.2) is 15.8 Å². The van der Waals surface area contributed by atoms with Crippen molar-refractivity contribution in [1.82, 2.24) is 25.7 Å². The van der Waals surface area contributed by atoms with Crippen molar-refractivity contribution in [2.24, 2.45) is 0 Å². The fourth-order valence-corrected chi connectivity index (χ4v) is 3.40. The number of carbonyl (C=O) groups is 1. The summed E-state index contributed by atoms with van der Waals surface area (Å²) in [5.41, 5.74) is 7.90. The maximum Gasteiger partial charge on any atom is 0.241 e. The second kappa shape index (κ2) is 6.75. The highest BCUT2D eigenvalue weighted by Gasteiger charge is 2.33. The lowest BCUT2D eigenvalue weighted by Crippen LogP contribution is -2.43. The van der Waals surface area contributed by atoms with Gasteiger partial charge in [-0.15, -0.1) is 0 Å². The van der Waals surface area contributed by atoms with Gasteiger partial charge in [-0.05, 0) is 43.7 Å². The first kappa shape index (κ1) is 17.1. The summed E-state index contributed by atoms with van der Waals surface area (Å²) in [6.45, 7) is 2.30. The van der Waals surface area contributed by atoms with Crippen LogP contribution in [0.5, 0.6) is 0 Å². The van der Waals surface area contributed by atoms with E-state index in [1.165, 1.54) is 0 Å². The van der Waals surface area contributed by atoms with Crippen molar-refractivity contribution in [3.63, 3.8) is 0 Å². The number of carbonyl (C=O) groups excluding carboxylic acids is 1. The van der Waals surface area contributed by atoms with Gasteiger partial charge in [-0.2, -0.15) is 0 Å². The van der Waals surface area contributed by atoms with Gasteiger partial charge < -0.3 is 14.3 Å². The molecule has 3 N–H and O–H groups in total. The Morgan fingerprint density at radius 2 is 2.19 bits per heavy atom. The van der Waals surface area contributed by atoms with Gasteiger partial charge in [0.25, 0.3) is 0 Å². The molecule has 8 heteroatoms. The Morgan fingerprint density at radius 3 is 2.96 bits per heavy atom. The number of fused-ring (bicyclic) bond motifs is 1. The molecule has 0 bridgehead atoms. The summed E-state index contributed by atoms with van der Waals surface area (Å²) in [4.78, 5) is 22.1. The molecule has 26 heavy (non-hydrogen) atoms. The van der Waals surface area contributed by atoms with Crippen LogP contribution in [0.15, 0.2) is 34.7 Å². The Balaban J connectivity index is 1.41. The zero-order chi connectivity index (χ0) is 18.3. The maximum absolute atomic E-state index is 12.7. The Morgan fingerprint density at radius 1 is 1.35 bits per heavy atom. The molecular formula is C18H20ClN5O2. The molecule has 3 aromatic rings. The smallest absolute Gasteiger partial charge is 0.241 e. The van der Waals surface area contributed by atoms with E-state index in [0.29, 0.717) is 18.0 Å². The second-order valence-electron chi connectivity index (χ2n) is 6.62. The molecule has 0 aliphatic carbocycles. The van der Waals surface area contributed by atoms with E-state index in [1.54, 1.807) is 18.0 Å². The molecule has 2 atom stereocenters. The number of aromatic nitrogens is 2. The number of rotatable bonds is 4. The van der Waals surface area contributed by atoms with Crippen LogP contribution in [0.1, 0.15) is 29.8 Å². The maximum atomic E-state index is 12.7. The second-order valence-corrected chi connectivity index (χ2v) is 7.05. The monoisotopic (exact) mass is 373 g/mol. The number of imidazole rings is 1. The molecule has 4 rings (SSSR count). The molecule has 1 aromatic carbocycles.